The van der Waals surface area contributed by atoms with Crippen molar-refractivity contribution in [1.82, 2.24) is 0 Å². The quantitative estimate of drug-likeness (QED) is 0.417. The number of carbonyl (C=O) groups is 2. The number of nitrogens with zero attached hydrogens (tertiary/aromatic N) is 1. The monoisotopic (exact) mass is 370 g/mol. The second kappa shape index (κ2) is 7.32. The van der Waals surface area contributed by atoms with Gasteiger partial charge in [0.15, 0.2) is 6.61 Å². The van der Waals surface area contributed by atoms with E-state index in [-0.39, 0.29) is 11.4 Å². The highest BCUT2D eigenvalue weighted by Gasteiger charge is 2.19. The van der Waals surface area contributed by atoms with Crippen LogP contribution < -0.4 is 5.32 Å². The Kier molecular flexibility index (Phi) is 4.94. The molecule has 0 atom stereocenters. The third kappa shape index (κ3) is 3.55. The van der Waals surface area contributed by atoms with Gasteiger partial charge >= 0.3 is 5.97 Å². The molecule has 3 rings (SSSR count). The first-order valence-corrected chi connectivity index (χ1v) is 8.47. The van der Waals surface area contributed by atoms with Crippen molar-refractivity contribution in [3.63, 3.8) is 0 Å². The molecule has 0 radical (unpaired) electrons. The van der Waals surface area contributed by atoms with E-state index in [1.807, 2.05) is 31.2 Å². The van der Waals surface area contributed by atoms with E-state index < -0.39 is 23.4 Å². The van der Waals surface area contributed by atoms with Crippen LogP contribution in [-0.4, -0.2) is 23.4 Å². The largest absolute Gasteiger partial charge is 0.451 e. The van der Waals surface area contributed by atoms with Gasteiger partial charge in [-0.1, -0.05) is 30.3 Å². The Balaban J connectivity index is 1.67. The average Bonchev–Trinajstić information content (AvgIpc) is 2.97. The first-order valence-electron chi connectivity index (χ1n) is 7.66. The molecule has 1 aromatic heterocycles. The lowest BCUT2D eigenvalue weighted by molar-refractivity contribution is -0.383. The zero-order chi connectivity index (χ0) is 18.7. The molecule has 0 saturated heterocycles. The van der Waals surface area contributed by atoms with Crippen molar-refractivity contribution in [3.05, 3.63) is 69.1 Å². The van der Waals surface area contributed by atoms with Crippen LogP contribution in [0.2, 0.25) is 0 Å². The Bertz CT molecular complexity index is 1010. The number of hydrogen-bond acceptors (Lipinski definition) is 6. The summed E-state index contributed by atoms with van der Waals surface area (Å²) in [6, 6.07) is 13.3. The predicted molar refractivity (Wildman–Crippen MR) is 98.6 cm³/mol. The highest BCUT2D eigenvalue weighted by molar-refractivity contribution is 7.21. The van der Waals surface area contributed by atoms with Crippen LogP contribution in [0.3, 0.4) is 0 Å². The summed E-state index contributed by atoms with van der Waals surface area (Å²) in [5.41, 5.74) is 0.624. The van der Waals surface area contributed by atoms with Crippen molar-refractivity contribution in [2.45, 2.75) is 6.92 Å². The lowest BCUT2D eigenvalue weighted by Crippen LogP contribution is -2.21. The number of carbonyl (C=O) groups excluding carboxylic acids is 2. The summed E-state index contributed by atoms with van der Waals surface area (Å²) in [5.74, 6) is -1.24. The van der Waals surface area contributed by atoms with Gasteiger partial charge in [0.25, 0.3) is 11.6 Å². The number of ether oxygens (including phenoxy) is 1. The zero-order valence-corrected chi connectivity index (χ0v) is 14.5. The molecule has 3 aromatic rings. The van der Waals surface area contributed by atoms with Crippen LogP contribution in [0.4, 0.5) is 11.4 Å². The Labute approximate surface area is 152 Å². The molecule has 7 nitrogen and oxygen atoms in total. The normalized spacial score (nSPS) is 10.5. The summed E-state index contributed by atoms with van der Waals surface area (Å²) in [7, 11) is 0. The maximum Gasteiger partial charge on any atom is 0.349 e. The summed E-state index contributed by atoms with van der Waals surface area (Å²) in [4.78, 5) is 35.0. The van der Waals surface area contributed by atoms with Crippen molar-refractivity contribution in [2.75, 3.05) is 11.9 Å². The fourth-order valence-corrected chi connectivity index (χ4v) is 3.59. The van der Waals surface area contributed by atoms with E-state index in [2.05, 4.69) is 5.32 Å². The number of nitro groups is 1. The van der Waals surface area contributed by atoms with Gasteiger partial charge in [-0.25, -0.2) is 4.79 Å². The molecule has 0 bridgehead atoms. The van der Waals surface area contributed by atoms with Crippen LogP contribution in [-0.2, 0) is 9.53 Å². The average molecular weight is 370 g/mol. The molecule has 0 spiro atoms. The standard InChI is InChI=1S/C18H14N2O5S/c1-11-12-6-2-5-9-15(12)26-17(11)18(22)25-10-16(21)19-13-7-3-4-8-14(13)20(23)24/h2-9H,10H2,1H3,(H,19,21). The van der Waals surface area contributed by atoms with E-state index in [1.165, 1.54) is 29.5 Å². The Hall–Kier alpha value is -3.26. The molecule has 0 aliphatic heterocycles. The fraction of sp³-hybridized carbons (Fsp3) is 0.111. The number of hydrogen-bond donors (Lipinski definition) is 1. The number of anilines is 1. The number of aryl methyl sites for hydroxylation is 1. The minimum atomic E-state index is -0.647. The summed E-state index contributed by atoms with van der Waals surface area (Å²) < 4.78 is 6.02. The van der Waals surface area contributed by atoms with E-state index in [0.717, 1.165) is 15.6 Å². The molecule has 0 saturated carbocycles. The molecule has 26 heavy (non-hydrogen) atoms. The van der Waals surface area contributed by atoms with Crippen molar-refractivity contribution >= 4 is 44.7 Å². The minimum Gasteiger partial charge on any atom is -0.451 e. The number of nitro benzene ring substituents is 1. The number of amides is 1. The third-order valence-corrected chi connectivity index (χ3v) is 4.99. The zero-order valence-electron chi connectivity index (χ0n) is 13.7. The van der Waals surface area contributed by atoms with E-state index >= 15 is 0 Å². The number of thiophene rings is 1. The Morgan fingerprint density at radius 2 is 1.85 bits per heavy atom. The van der Waals surface area contributed by atoms with Crippen LogP contribution in [0.1, 0.15) is 15.2 Å². The maximum absolute atomic E-state index is 12.3. The Morgan fingerprint density at radius 3 is 2.58 bits per heavy atom. The van der Waals surface area contributed by atoms with Crippen LogP contribution >= 0.6 is 11.3 Å². The van der Waals surface area contributed by atoms with Crippen molar-refractivity contribution in [3.8, 4) is 0 Å². The van der Waals surface area contributed by atoms with Crippen LogP contribution in [0.15, 0.2) is 48.5 Å². The van der Waals surface area contributed by atoms with Gasteiger partial charge in [0.1, 0.15) is 10.6 Å². The second-order valence-electron chi connectivity index (χ2n) is 5.45. The van der Waals surface area contributed by atoms with Crippen LogP contribution in [0.25, 0.3) is 10.1 Å². The van der Waals surface area contributed by atoms with Crippen molar-refractivity contribution < 1.29 is 19.2 Å². The number of nitrogens with one attached hydrogen (secondary N) is 1. The minimum absolute atomic E-state index is 0.0524. The molecule has 0 unspecified atom stereocenters. The molecular formula is C18H14N2O5S. The summed E-state index contributed by atoms with van der Waals surface area (Å²) in [6.07, 6.45) is 0. The number of fused-ring (bicyclic) bond motifs is 1. The lowest BCUT2D eigenvalue weighted by atomic mass is 10.1. The summed E-state index contributed by atoms with van der Waals surface area (Å²) in [6.45, 7) is 1.29. The number of esters is 1. The molecule has 8 heteroatoms. The Morgan fingerprint density at radius 1 is 1.15 bits per heavy atom. The van der Waals surface area contributed by atoms with Gasteiger partial charge in [-0.2, -0.15) is 0 Å². The number of rotatable bonds is 5. The van der Waals surface area contributed by atoms with Crippen LogP contribution in [0.5, 0.6) is 0 Å². The van der Waals surface area contributed by atoms with Gasteiger partial charge in [0.2, 0.25) is 0 Å². The SMILES string of the molecule is Cc1c(C(=O)OCC(=O)Nc2ccccc2[N+](=O)[O-])sc2ccccc12. The van der Waals surface area contributed by atoms with E-state index in [0.29, 0.717) is 4.88 Å². The van der Waals surface area contributed by atoms with Gasteiger partial charge in [-0.15, -0.1) is 11.3 Å². The van der Waals surface area contributed by atoms with Crippen molar-refractivity contribution in [2.24, 2.45) is 0 Å². The third-order valence-electron chi connectivity index (χ3n) is 3.74. The maximum atomic E-state index is 12.3. The highest BCUT2D eigenvalue weighted by Crippen LogP contribution is 2.31. The van der Waals surface area contributed by atoms with E-state index in [4.69, 9.17) is 4.74 Å². The van der Waals surface area contributed by atoms with Gasteiger partial charge in [-0.3, -0.25) is 14.9 Å². The van der Waals surface area contributed by atoms with E-state index in [1.54, 1.807) is 6.07 Å². The first-order chi connectivity index (χ1) is 12.5. The fourth-order valence-electron chi connectivity index (χ4n) is 2.49. The molecule has 0 aliphatic rings. The topological polar surface area (TPSA) is 98.5 Å². The number of benzene rings is 2. The molecule has 0 fully saturated rings. The van der Waals surface area contributed by atoms with Crippen LogP contribution in [0, 0.1) is 17.0 Å². The van der Waals surface area contributed by atoms with Gasteiger partial charge in [-0.05, 0) is 30.0 Å². The second-order valence-corrected chi connectivity index (χ2v) is 6.50. The first kappa shape index (κ1) is 17.6. The molecule has 132 valence electrons. The number of para-hydroxylation sites is 2. The molecule has 1 N–H and O–H groups in total. The molecule has 0 aliphatic carbocycles. The van der Waals surface area contributed by atoms with Gasteiger partial charge in [0.05, 0.1) is 4.92 Å². The van der Waals surface area contributed by atoms with E-state index in [9.17, 15) is 19.7 Å². The summed E-state index contributed by atoms with van der Waals surface area (Å²) in [5, 5.41) is 14.3. The molecule has 1 heterocycles. The smallest absolute Gasteiger partial charge is 0.349 e. The predicted octanol–water partition coefficient (Wildman–Crippen LogP) is 3.91. The molecule has 2 aromatic carbocycles. The van der Waals surface area contributed by atoms with Gasteiger partial charge < -0.3 is 10.1 Å². The molecule has 1 amide bonds. The highest BCUT2D eigenvalue weighted by atomic mass is 32.1. The lowest BCUT2D eigenvalue weighted by Gasteiger charge is -2.06. The van der Waals surface area contributed by atoms with Gasteiger partial charge in [0, 0.05) is 10.8 Å². The molecular weight excluding hydrogens is 356 g/mol. The summed E-state index contributed by atoms with van der Waals surface area (Å²) >= 11 is 1.30. The van der Waals surface area contributed by atoms with Crippen molar-refractivity contribution in [1.29, 1.82) is 0 Å².